The minimum Gasteiger partial charge on any atom is -0.493 e. The maximum Gasteiger partial charge on any atom is 0.305 e. The molecule has 0 saturated carbocycles. The Kier molecular flexibility index (Phi) is 8.91. The first kappa shape index (κ1) is 23.6. The van der Waals surface area contributed by atoms with E-state index < -0.39 is 0 Å². The Balaban J connectivity index is 1.64. The number of hydrogen-bond donors (Lipinski definition) is 0. The van der Waals surface area contributed by atoms with Crippen molar-refractivity contribution in [2.45, 2.75) is 26.3 Å². The van der Waals surface area contributed by atoms with Crippen LogP contribution in [0.1, 0.15) is 25.3 Å². The highest BCUT2D eigenvalue weighted by atomic mass is 16.5. The summed E-state index contributed by atoms with van der Waals surface area (Å²) in [5.74, 6) is 2.39. The van der Waals surface area contributed by atoms with Crippen molar-refractivity contribution in [3.63, 3.8) is 0 Å². The highest BCUT2D eigenvalue weighted by molar-refractivity contribution is 5.69. The van der Waals surface area contributed by atoms with Crippen molar-refractivity contribution >= 4 is 11.9 Å². The third-order valence-electron chi connectivity index (χ3n) is 5.26. The van der Waals surface area contributed by atoms with Gasteiger partial charge < -0.3 is 23.8 Å². The minimum atomic E-state index is -0.214. The lowest BCUT2D eigenvalue weighted by molar-refractivity contribution is -0.143. The van der Waals surface area contributed by atoms with E-state index in [1.54, 1.807) is 33.5 Å². The Morgan fingerprint density at radius 3 is 2.44 bits per heavy atom. The molecule has 1 aromatic heterocycles. The number of benzene rings is 1. The number of anilines is 1. The first-order valence-electron chi connectivity index (χ1n) is 10.9. The van der Waals surface area contributed by atoms with Gasteiger partial charge in [-0.05, 0) is 25.5 Å². The first-order valence-corrected chi connectivity index (χ1v) is 10.9. The van der Waals surface area contributed by atoms with Crippen LogP contribution in [-0.2, 0) is 16.1 Å². The van der Waals surface area contributed by atoms with E-state index in [0.717, 1.165) is 44.2 Å². The highest BCUT2D eigenvalue weighted by Crippen LogP contribution is 2.40. The number of rotatable bonds is 11. The van der Waals surface area contributed by atoms with Gasteiger partial charge in [0.1, 0.15) is 0 Å². The van der Waals surface area contributed by atoms with E-state index >= 15 is 0 Å². The number of ether oxygens (including phenoxy) is 4. The van der Waals surface area contributed by atoms with Gasteiger partial charge in [-0.15, -0.1) is 0 Å². The summed E-state index contributed by atoms with van der Waals surface area (Å²) in [6.45, 7) is 6.76. The van der Waals surface area contributed by atoms with Crippen molar-refractivity contribution in [3.05, 3.63) is 36.2 Å². The lowest BCUT2D eigenvalue weighted by Crippen LogP contribution is -2.46. The van der Waals surface area contributed by atoms with E-state index in [9.17, 15) is 4.79 Å². The molecule has 1 aromatic carbocycles. The Labute approximate surface area is 189 Å². The van der Waals surface area contributed by atoms with Crippen LogP contribution in [-0.4, -0.2) is 74.4 Å². The van der Waals surface area contributed by atoms with Crippen molar-refractivity contribution in [3.8, 4) is 17.2 Å². The van der Waals surface area contributed by atoms with Gasteiger partial charge in [-0.2, -0.15) is 0 Å². The van der Waals surface area contributed by atoms with Crippen molar-refractivity contribution in [1.82, 2.24) is 14.9 Å². The molecule has 2 aromatic rings. The quantitative estimate of drug-likeness (QED) is 0.383. The summed E-state index contributed by atoms with van der Waals surface area (Å²) in [5.41, 5.74) is 1.02. The molecule has 0 radical (unpaired) electrons. The van der Waals surface area contributed by atoms with Crippen LogP contribution in [0, 0.1) is 0 Å². The van der Waals surface area contributed by atoms with Crippen molar-refractivity contribution in [2.24, 2.45) is 0 Å². The molecule has 1 fully saturated rings. The topological polar surface area (TPSA) is 86.3 Å². The summed E-state index contributed by atoms with van der Waals surface area (Å²) in [4.78, 5) is 24.8. The van der Waals surface area contributed by atoms with Gasteiger partial charge in [0, 0.05) is 57.1 Å². The fourth-order valence-corrected chi connectivity index (χ4v) is 3.65. The third kappa shape index (κ3) is 6.23. The van der Waals surface area contributed by atoms with Crippen molar-refractivity contribution in [2.75, 3.05) is 58.5 Å². The van der Waals surface area contributed by atoms with Crippen LogP contribution >= 0.6 is 0 Å². The largest absolute Gasteiger partial charge is 0.493 e. The van der Waals surface area contributed by atoms with Crippen molar-refractivity contribution in [1.29, 1.82) is 0 Å². The molecule has 0 unspecified atom stereocenters. The number of carbonyl (C=O) groups excluding carboxylic acids is 1. The van der Waals surface area contributed by atoms with Crippen LogP contribution in [0.3, 0.4) is 0 Å². The van der Waals surface area contributed by atoms with E-state index in [2.05, 4.69) is 19.8 Å². The molecule has 0 amide bonds. The highest BCUT2D eigenvalue weighted by Gasteiger charge is 2.22. The molecule has 0 spiro atoms. The second kappa shape index (κ2) is 12.1. The number of nitrogens with zero attached hydrogens (tertiary/aromatic N) is 4. The van der Waals surface area contributed by atoms with Crippen LogP contribution in [0.4, 0.5) is 5.95 Å². The van der Waals surface area contributed by atoms with Gasteiger partial charge in [0.15, 0.2) is 11.5 Å². The van der Waals surface area contributed by atoms with Gasteiger partial charge in [0.25, 0.3) is 0 Å². The molecule has 1 aliphatic rings. The Morgan fingerprint density at radius 2 is 1.78 bits per heavy atom. The number of hydrogen-bond acceptors (Lipinski definition) is 9. The molecule has 0 aliphatic carbocycles. The molecule has 1 saturated heterocycles. The summed E-state index contributed by atoms with van der Waals surface area (Å²) < 4.78 is 22.1. The summed E-state index contributed by atoms with van der Waals surface area (Å²) >= 11 is 0. The standard InChI is InChI=1S/C23H32N4O5/c1-4-31-20(28)7-5-16-32-21-18(8-9-19(29-2)22(21)30-3)17-26-12-14-27(15-13-26)23-24-10-6-11-25-23/h6,8-11H,4-5,7,12-17H2,1-3H3. The van der Waals surface area contributed by atoms with Crippen LogP contribution in [0.15, 0.2) is 30.6 Å². The lowest BCUT2D eigenvalue weighted by atomic mass is 10.1. The van der Waals surface area contributed by atoms with E-state index in [1.165, 1.54) is 0 Å². The van der Waals surface area contributed by atoms with Crippen LogP contribution in [0.5, 0.6) is 17.2 Å². The molecule has 0 N–H and O–H groups in total. The van der Waals surface area contributed by atoms with Gasteiger partial charge in [0.05, 0.1) is 27.4 Å². The Morgan fingerprint density at radius 1 is 1.03 bits per heavy atom. The van der Waals surface area contributed by atoms with Crippen molar-refractivity contribution < 1.29 is 23.7 Å². The van der Waals surface area contributed by atoms with Crippen LogP contribution < -0.4 is 19.1 Å². The lowest BCUT2D eigenvalue weighted by Gasteiger charge is -2.35. The van der Waals surface area contributed by atoms with Gasteiger partial charge in [0.2, 0.25) is 11.7 Å². The van der Waals surface area contributed by atoms with E-state index in [1.807, 2.05) is 18.2 Å². The average molecular weight is 445 g/mol. The normalized spacial score (nSPS) is 14.2. The predicted molar refractivity (Wildman–Crippen MR) is 120 cm³/mol. The molecular weight excluding hydrogens is 412 g/mol. The van der Waals surface area contributed by atoms with Gasteiger partial charge in [-0.3, -0.25) is 9.69 Å². The zero-order valence-corrected chi connectivity index (χ0v) is 19.1. The molecule has 9 heteroatoms. The Bertz CT molecular complexity index is 857. The molecule has 0 bridgehead atoms. The zero-order chi connectivity index (χ0) is 22.8. The van der Waals surface area contributed by atoms with E-state index in [4.69, 9.17) is 18.9 Å². The van der Waals surface area contributed by atoms with Gasteiger partial charge in [-0.1, -0.05) is 6.07 Å². The SMILES string of the molecule is CCOC(=O)CCCOc1c(CN2CCN(c3ncccn3)CC2)ccc(OC)c1OC. The van der Waals surface area contributed by atoms with Gasteiger partial charge >= 0.3 is 5.97 Å². The predicted octanol–water partition coefficient (Wildman–Crippen LogP) is 2.54. The fraction of sp³-hybridized carbons (Fsp3) is 0.522. The summed E-state index contributed by atoms with van der Waals surface area (Å²) in [6.07, 6.45) is 4.42. The maximum atomic E-state index is 11.6. The first-order chi connectivity index (χ1) is 15.7. The molecule has 1 aliphatic heterocycles. The second-order valence-corrected chi connectivity index (χ2v) is 7.36. The fourth-order valence-electron chi connectivity index (χ4n) is 3.65. The molecular formula is C23H32N4O5. The molecule has 32 heavy (non-hydrogen) atoms. The monoisotopic (exact) mass is 444 g/mol. The number of piperazine rings is 1. The van der Waals surface area contributed by atoms with Crippen LogP contribution in [0.2, 0.25) is 0 Å². The maximum absolute atomic E-state index is 11.6. The Hall–Kier alpha value is -3.07. The molecule has 9 nitrogen and oxygen atoms in total. The smallest absolute Gasteiger partial charge is 0.305 e. The zero-order valence-electron chi connectivity index (χ0n) is 19.1. The van der Waals surface area contributed by atoms with E-state index in [0.29, 0.717) is 43.3 Å². The van der Waals surface area contributed by atoms with E-state index in [-0.39, 0.29) is 5.97 Å². The number of esters is 1. The number of aromatic nitrogens is 2. The molecule has 0 atom stereocenters. The van der Waals surface area contributed by atoms with Gasteiger partial charge in [-0.25, -0.2) is 9.97 Å². The molecule has 3 rings (SSSR count). The molecule has 174 valence electrons. The number of methoxy groups -OCH3 is 2. The number of carbonyl (C=O) groups is 1. The minimum absolute atomic E-state index is 0.214. The summed E-state index contributed by atoms with van der Waals surface area (Å²) in [5, 5.41) is 0. The summed E-state index contributed by atoms with van der Waals surface area (Å²) in [6, 6.07) is 5.73. The average Bonchev–Trinajstić information content (AvgIpc) is 2.83. The summed E-state index contributed by atoms with van der Waals surface area (Å²) in [7, 11) is 3.21. The molecule has 2 heterocycles. The third-order valence-corrected chi connectivity index (χ3v) is 5.26. The van der Waals surface area contributed by atoms with Crippen LogP contribution in [0.25, 0.3) is 0 Å². The second-order valence-electron chi connectivity index (χ2n) is 7.36.